The number of aromatic nitrogens is 3. The van der Waals surface area contributed by atoms with Crippen molar-refractivity contribution in [3.05, 3.63) is 53.6 Å². The van der Waals surface area contributed by atoms with E-state index in [-0.39, 0.29) is 18.0 Å². The van der Waals surface area contributed by atoms with Gasteiger partial charge in [-0.3, -0.25) is 9.78 Å². The fourth-order valence-electron chi connectivity index (χ4n) is 2.27. The van der Waals surface area contributed by atoms with Crippen LogP contribution in [0.2, 0.25) is 0 Å². The average molecular weight is 330 g/mol. The zero-order chi connectivity index (χ0) is 17.1. The Bertz CT molecular complexity index is 779. The number of pyridine rings is 1. The third-order valence-electron chi connectivity index (χ3n) is 3.65. The number of hydrogen-bond acceptors (Lipinski definition) is 5. The van der Waals surface area contributed by atoms with Gasteiger partial charge in [-0.2, -0.15) is 0 Å². The van der Waals surface area contributed by atoms with Crippen LogP contribution in [-0.2, 0) is 11.2 Å². The highest BCUT2D eigenvalue weighted by Crippen LogP contribution is 2.37. The number of amides is 1. The lowest BCUT2D eigenvalue weighted by molar-refractivity contribution is -0.139. The van der Waals surface area contributed by atoms with Crippen LogP contribution < -0.4 is 5.32 Å². The standard InChI is InChI=1S/C16H15FN4O3/c17-11-5-9(7-18-8-11)6-13(16(23)24)21-15(22)12-3-4-19-14(20-12)10-1-2-10/h3-5,7-8,10,13H,1-2,6H2,(H,21,22)(H,23,24). The summed E-state index contributed by atoms with van der Waals surface area (Å²) in [4.78, 5) is 35.6. The lowest BCUT2D eigenvalue weighted by atomic mass is 10.1. The fraction of sp³-hybridized carbons (Fsp3) is 0.312. The molecule has 2 heterocycles. The van der Waals surface area contributed by atoms with Crippen LogP contribution >= 0.6 is 0 Å². The summed E-state index contributed by atoms with van der Waals surface area (Å²) in [6.07, 6.45) is 5.79. The molecule has 1 aliphatic carbocycles. The van der Waals surface area contributed by atoms with Crippen LogP contribution in [0.15, 0.2) is 30.7 Å². The summed E-state index contributed by atoms with van der Waals surface area (Å²) in [6, 6.07) is 1.41. The number of carboxylic acids is 1. The molecule has 1 atom stereocenters. The van der Waals surface area contributed by atoms with E-state index in [9.17, 15) is 19.1 Å². The van der Waals surface area contributed by atoms with Crippen LogP contribution in [-0.4, -0.2) is 38.0 Å². The summed E-state index contributed by atoms with van der Waals surface area (Å²) in [7, 11) is 0. The molecule has 1 amide bonds. The maximum Gasteiger partial charge on any atom is 0.326 e. The van der Waals surface area contributed by atoms with Crippen molar-refractivity contribution in [1.29, 1.82) is 0 Å². The minimum absolute atomic E-state index is 0.0770. The quantitative estimate of drug-likeness (QED) is 0.827. The van der Waals surface area contributed by atoms with Gasteiger partial charge in [0.25, 0.3) is 5.91 Å². The van der Waals surface area contributed by atoms with E-state index < -0.39 is 23.7 Å². The summed E-state index contributed by atoms with van der Waals surface area (Å²) in [5, 5.41) is 11.7. The van der Waals surface area contributed by atoms with Crippen molar-refractivity contribution in [3.8, 4) is 0 Å². The molecule has 1 fully saturated rings. The highest BCUT2D eigenvalue weighted by atomic mass is 19.1. The number of carboxylic acid groups (broad SMARTS) is 1. The van der Waals surface area contributed by atoms with E-state index in [1.165, 1.54) is 24.5 Å². The van der Waals surface area contributed by atoms with Crippen LogP contribution in [0, 0.1) is 5.82 Å². The average Bonchev–Trinajstić information content (AvgIpc) is 3.39. The van der Waals surface area contributed by atoms with Crippen molar-refractivity contribution in [2.24, 2.45) is 0 Å². The molecule has 1 unspecified atom stereocenters. The molecule has 0 aliphatic heterocycles. The predicted molar refractivity (Wildman–Crippen MR) is 80.8 cm³/mol. The Morgan fingerprint density at radius 3 is 2.83 bits per heavy atom. The van der Waals surface area contributed by atoms with Gasteiger partial charge in [0.05, 0.1) is 6.20 Å². The third-order valence-corrected chi connectivity index (χ3v) is 3.65. The number of nitrogens with one attached hydrogen (secondary N) is 1. The Kier molecular flexibility index (Phi) is 4.45. The molecule has 2 aromatic heterocycles. The Balaban J connectivity index is 1.71. The molecule has 24 heavy (non-hydrogen) atoms. The molecule has 0 saturated heterocycles. The largest absolute Gasteiger partial charge is 0.480 e. The van der Waals surface area contributed by atoms with Gasteiger partial charge in [0.1, 0.15) is 23.4 Å². The van der Waals surface area contributed by atoms with Gasteiger partial charge in [-0.1, -0.05) is 0 Å². The van der Waals surface area contributed by atoms with Crippen LogP contribution in [0.25, 0.3) is 0 Å². The molecule has 124 valence electrons. The topological polar surface area (TPSA) is 105 Å². The van der Waals surface area contributed by atoms with Crippen molar-refractivity contribution in [2.75, 3.05) is 0 Å². The molecule has 8 heteroatoms. The lowest BCUT2D eigenvalue weighted by Crippen LogP contribution is -2.42. The third kappa shape index (κ3) is 3.89. The summed E-state index contributed by atoms with van der Waals surface area (Å²) in [5.74, 6) is -1.50. The van der Waals surface area contributed by atoms with Gasteiger partial charge < -0.3 is 10.4 Å². The van der Waals surface area contributed by atoms with Crippen molar-refractivity contribution in [2.45, 2.75) is 31.2 Å². The highest BCUT2D eigenvalue weighted by Gasteiger charge is 2.28. The maximum absolute atomic E-state index is 13.2. The molecule has 3 rings (SSSR count). The van der Waals surface area contributed by atoms with Gasteiger partial charge in [0.15, 0.2) is 0 Å². The summed E-state index contributed by atoms with van der Waals surface area (Å²) in [5.41, 5.74) is 0.500. The molecule has 1 saturated carbocycles. The van der Waals surface area contributed by atoms with Crippen molar-refractivity contribution >= 4 is 11.9 Å². The second-order valence-electron chi connectivity index (χ2n) is 5.65. The minimum Gasteiger partial charge on any atom is -0.480 e. The molecule has 0 spiro atoms. The molecule has 0 bridgehead atoms. The maximum atomic E-state index is 13.2. The Labute approximate surface area is 137 Å². The first-order valence-corrected chi connectivity index (χ1v) is 7.49. The van der Waals surface area contributed by atoms with Crippen LogP contribution in [0.3, 0.4) is 0 Å². The van der Waals surface area contributed by atoms with Crippen LogP contribution in [0.1, 0.15) is 40.6 Å². The van der Waals surface area contributed by atoms with Gasteiger partial charge >= 0.3 is 5.97 Å². The molecule has 2 aromatic rings. The van der Waals surface area contributed by atoms with Crippen LogP contribution in [0.4, 0.5) is 4.39 Å². The van der Waals surface area contributed by atoms with E-state index in [0.29, 0.717) is 11.4 Å². The summed E-state index contributed by atoms with van der Waals surface area (Å²) >= 11 is 0. The number of rotatable bonds is 6. The molecule has 0 radical (unpaired) electrons. The van der Waals surface area contributed by atoms with Crippen molar-refractivity contribution in [1.82, 2.24) is 20.3 Å². The van der Waals surface area contributed by atoms with Gasteiger partial charge in [-0.15, -0.1) is 0 Å². The second kappa shape index (κ2) is 6.69. The van der Waals surface area contributed by atoms with E-state index in [0.717, 1.165) is 19.0 Å². The monoisotopic (exact) mass is 330 g/mol. The van der Waals surface area contributed by atoms with Gasteiger partial charge in [-0.05, 0) is 30.5 Å². The van der Waals surface area contributed by atoms with E-state index >= 15 is 0 Å². The SMILES string of the molecule is O=C(NC(Cc1cncc(F)c1)C(=O)O)c1ccnc(C2CC2)n1. The summed E-state index contributed by atoms with van der Waals surface area (Å²) < 4.78 is 13.2. The molecular weight excluding hydrogens is 315 g/mol. The van der Waals surface area contributed by atoms with Gasteiger partial charge in [-0.25, -0.2) is 19.2 Å². The number of aliphatic carboxylic acids is 1. The fourth-order valence-corrected chi connectivity index (χ4v) is 2.27. The minimum atomic E-state index is -1.22. The molecule has 0 aromatic carbocycles. The Morgan fingerprint density at radius 2 is 2.17 bits per heavy atom. The molecule has 7 nitrogen and oxygen atoms in total. The zero-order valence-electron chi connectivity index (χ0n) is 12.6. The number of hydrogen-bond donors (Lipinski definition) is 2. The molecule has 1 aliphatic rings. The molecule has 2 N–H and O–H groups in total. The van der Waals surface area contributed by atoms with E-state index in [1.54, 1.807) is 0 Å². The first kappa shape index (κ1) is 16.0. The number of halogens is 1. The number of nitrogens with zero attached hydrogens (tertiary/aromatic N) is 3. The second-order valence-corrected chi connectivity index (χ2v) is 5.65. The van der Waals surface area contributed by atoms with Crippen molar-refractivity contribution < 1.29 is 19.1 Å². The Hall–Kier alpha value is -2.90. The Morgan fingerprint density at radius 1 is 1.38 bits per heavy atom. The predicted octanol–water partition coefficient (Wildman–Crippen LogP) is 1.31. The van der Waals surface area contributed by atoms with Crippen molar-refractivity contribution in [3.63, 3.8) is 0 Å². The number of carbonyl (C=O) groups excluding carboxylic acids is 1. The van der Waals surface area contributed by atoms with Gasteiger partial charge in [0, 0.05) is 24.7 Å². The first-order chi connectivity index (χ1) is 11.5. The van der Waals surface area contributed by atoms with E-state index in [2.05, 4.69) is 20.3 Å². The normalized spacial score (nSPS) is 14.9. The van der Waals surface area contributed by atoms with Crippen LogP contribution in [0.5, 0.6) is 0 Å². The lowest BCUT2D eigenvalue weighted by Gasteiger charge is -2.14. The smallest absolute Gasteiger partial charge is 0.326 e. The zero-order valence-corrected chi connectivity index (χ0v) is 12.6. The number of carbonyl (C=O) groups is 2. The highest BCUT2D eigenvalue weighted by molar-refractivity contribution is 5.95. The van der Waals surface area contributed by atoms with E-state index in [1.807, 2.05) is 0 Å². The summed E-state index contributed by atoms with van der Waals surface area (Å²) in [6.45, 7) is 0. The van der Waals surface area contributed by atoms with E-state index in [4.69, 9.17) is 0 Å². The first-order valence-electron chi connectivity index (χ1n) is 7.49. The molecular formula is C16H15FN4O3. The van der Waals surface area contributed by atoms with Gasteiger partial charge in [0.2, 0.25) is 0 Å².